The van der Waals surface area contributed by atoms with Crippen LogP contribution in [0, 0.1) is 0 Å². The summed E-state index contributed by atoms with van der Waals surface area (Å²) < 4.78 is 16.3. The fraction of sp³-hybridized carbons (Fsp3) is 0.316. The van der Waals surface area contributed by atoms with Gasteiger partial charge in [0.1, 0.15) is 5.75 Å². The number of fused-ring (bicyclic) bond motifs is 1. The lowest BCUT2D eigenvalue weighted by molar-refractivity contribution is 0.174. The summed E-state index contributed by atoms with van der Waals surface area (Å²) in [6.45, 7) is 2.48. The number of hydrogen-bond donors (Lipinski definition) is 2. The Bertz CT molecular complexity index is 694. The number of ether oxygens (including phenoxy) is 3. The van der Waals surface area contributed by atoms with Gasteiger partial charge in [0.25, 0.3) is 0 Å². The molecule has 0 fully saturated rings. The molecule has 5 nitrogen and oxygen atoms in total. The molecule has 1 aliphatic heterocycles. The Kier molecular flexibility index (Phi) is 6.34. The van der Waals surface area contributed by atoms with Gasteiger partial charge in [0.2, 0.25) is 6.79 Å². The van der Waals surface area contributed by atoms with E-state index in [1.807, 2.05) is 48.5 Å². The van der Waals surface area contributed by atoms with Crippen LogP contribution in [0.2, 0.25) is 0 Å². The van der Waals surface area contributed by atoms with Crippen molar-refractivity contribution < 1.29 is 14.2 Å². The molecular formula is C19H22N2O3S. The van der Waals surface area contributed by atoms with E-state index in [1.54, 1.807) is 0 Å². The zero-order chi connectivity index (χ0) is 17.3. The van der Waals surface area contributed by atoms with Gasteiger partial charge in [-0.2, -0.15) is 0 Å². The summed E-state index contributed by atoms with van der Waals surface area (Å²) in [6.07, 6.45) is 1.98. The molecule has 6 heteroatoms. The second-order valence-corrected chi connectivity index (χ2v) is 6.07. The number of para-hydroxylation sites is 1. The highest BCUT2D eigenvalue weighted by molar-refractivity contribution is 7.80. The van der Waals surface area contributed by atoms with Crippen molar-refractivity contribution in [2.75, 3.05) is 19.9 Å². The molecule has 132 valence electrons. The zero-order valence-electron chi connectivity index (χ0n) is 14.0. The predicted octanol–water partition coefficient (Wildman–Crippen LogP) is 3.24. The number of thiocarbonyl (C=S) groups is 1. The normalized spacial score (nSPS) is 11.8. The molecule has 25 heavy (non-hydrogen) atoms. The van der Waals surface area contributed by atoms with E-state index in [0.29, 0.717) is 25.1 Å². The SMILES string of the molecule is S=C(NCCCCOc1ccccc1)NCc1ccc2c(c1)OCO2. The van der Waals surface area contributed by atoms with Crippen molar-refractivity contribution in [1.29, 1.82) is 0 Å². The molecule has 0 bridgehead atoms. The first-order valence-corrected chi connectivity index (χ1v) is 8.80. The Morgan fingerprint density at radius 1 is 1.00 bits per heavy atom. The highest BCUT2D eigenvalue weighted by atomic mass is 32.1. The summed E-state index contributed by atoms with van der Waals surface area (Å²) in [5, 5.41) is 7.07. The third kappa shape index (κ3) is 5.53. The highest BCUT2D eigenvalue weighted by Crippen LogP contribution is 2.32. The summed E-state index contributed by atoms with van der Waals surface area (Å²) in [6, 6.07) is 15.8. The lowest BCUT2D eigenvalue weighted by Gasteiger charge is -2.11. The molecule has 2 N–H and O–H groups in total. The monoisotopic (exact) mass is 358 g/mol. The van der Waals surface area contributed by atoms with Gasteiger partial charge in [-0.1, -0.05) is 24.3 Å². The molecule has 1 heterocycles. The van der Waals surface area contributed by atoms with Crippen LogP contribution in [0.4, 0.5) is 0 Å². The molecule has 0 aromatic heterocycles. The van der Waals surface area contributed by atoms with E-state index < -0.39 is 0 Å². The quantitative estimate of drug-likeness (QED) is 0.558. The molecule has 0 saturated carbocycles. The third-order valence-corrected chi connectivity index (χ3v) is 4.05. The summed E-state index contributed by atoms with van der Waals surface area (Å²) in [7, 11) is 0. The van der Waals surface area contributed by atoms with E-state index in [9.17, 15) is 0 Å². The van der Waals surface area contributed by atoms with Crippen LogP contribution in [0.15, 0.2) is 48.5 Å². The summed E-state index contributed by atoms with van der Waals surface area (Å²) >= 11 is 5.30. The maximum absolute atomic E-state index is 5.66. The van der Waals surface area contributed by atoms with Crippen LogP contribution in [0.1, 0.15) is 18.4 Å². The molecule has 0 radical (unpaired) electrons. The van der Waals surface area contributed by atoms with Crippen LogP contribution < -0.4 is 24.8 Å². The average Bonchev–Trinajstić information content (AvgIpc) is 3.11. The van der Waals surface area contributed by atoms with E-state index in [2.05, 4.69) is 10.6 Å². The average molecular weight is 358 g/mol. The standard InChI is InChI=1S/C19H22N2O3S/c25-19(20-10-4-5-11-22-16-6-2-1-3-7-16)21-13-15-8-9-17-18(12-15)24-14-23-17/h1-3,6-9,12H,4-5,10-11,13-14H2,(H2,20,21,25). The lowest BCUT2D eigenvalue weighted by atomic mass is 10.2. The molecule has 0 saturated heterocycles. The van der Waals surface area contributed by atoms with Gasteiger partial charge in [-0.15, -0.1) is 0 Å². The smallest absolute Gasteiger partial charge is 0.231 e. The maximum Gasteiger partial charge on any atom is 0.231 e. The molecular weight excluding hydrogens is 336 g/mol. The van der Waals surface area contributed by atoms with Gasteiger partial charge < -0.3 is 24.8 Å². The van der Waals surface area contributed by atoms with Crippen molar-refractivity contribution in [3.05, 3.63) is 54.1 Å². The number of rotatable bonds is 8. The first-order valence-electron chi connectivity index (χ1n) is 8.39. The van der Waals surface area contributed by atoms with Crippen molar-refractivity contribution in [2.24, 2.45) is 0 Å². The third-order valence-electron chi connectivity index (χ3n) is 3.76. The maximum atomic E-state index is 5.66. The second-order valence-electron chi connectivity index (χ2n) is 5.67. The fourth-order valence-electron chi connectivity index (χ4n) is 2.43. The molecule has 0 unspecified atom stereocenters. The van der Waals surface area contributed by atoms with Gasteiger partial charge in [0.15, 0.2) is 16.6 Å². The van der Waals surface area contributed by atoms with Crippen molar-refractivity contribution in [3.8, 4) is 17.2 Å². The van der Waals surface area contributed by atoms with E-state index in [0.717, 1.165) is 42.2 Å². The minimum atomic E-state index is 0.292. The van der Waals surface area contributed by atoms with Crippen LogP contribution in [-0.2, 0) is 6.54 Å². The Balaban J connectivity index is 1.26. The molecule has 3 rings (SSSR count). The molecule has 0 aliphatic carbocycles. The van der Waals surface area contributed by atoms with Crippen molar-refractivity contribution >= 4 is 17.3 Å². The zero-order valence-corrected chi connectivity index (χ0v) is 14.8. The fourth-order valence-corrected chi connectivity index (χ4v) is 2.61. The molecule has 1 aliphatic rings. The summed E-state index contributed by atoms with van der Waals surface area (Å²) in [4.78, 5) is 0. The highest BCUT2D eigenvalue weighted by Gasteiger charge is 2.12. The predicted molar refractivity (Wildman–Crippen MR) is 101 cm³/mol. The van der Waals surface area contributed by atoms with Crippen molar-refractivity contribution in [3.63, 3.8) is 0 Å². The van der Waals surface area contributed by atoms with Crippen LogP contribution in [0.25, 0.3) is 0 Å². The minimum Gasteiger partial charge on any atom is -0.494 e. The van der Waals surface area contributed by atoms with Crippen molar-refractivity contribution in [2.45, 2.75) is 19.4 Å². The van der Waals surface area contributed by atoms with Crippen LogP contribution in [0.5, 0.6) is 17.2 Å². The first-order chi connectivity index (χ1) is 12.3. The Labute approximate surface area is 153 Å². The van der Waals surface area contributed by atoms with Crippen LogP contribution in [0.3, 0.4) is 0 Å². The molecule has 2 aromatic carbocycles. The van der Waals surface area contributed by atoms with E-state index >= 15 is 0 Å². The molecule has 0 spiro atoms. The van der Waals surface area contributed by atoms with Gasteiger partial charge >= 0.3 is 0 Å². The van der Waals surface area contributed by atoms with Crippen molar-refractivity contribution in [1.82, 2.24) is 10.6 Å². The van der Waals surface area contributed by atoms with Gasteiger partial charge in [-0.25, -0.2) is 0 Å². The van der Waals surface area contributed by atoms with E-state index in [4.69, 9.17) is 26.4 Å². The Hall–Kier alpha value is -2.47. The Morgan fingerprint density at radius 2 is 1.84 bits per heavy atom. The summed E-state index contributed by atoms with van der Waals surface area (Å²) in [5.41, 5.74) is 1.10. The van der Waals surface area contributed by atoms with Gasteiger partial charge in [-0.3, -0.25) is 0 Å². The number of unbranched alkanes of at least 4 members (excludes halogenated alkanes) is 1. The molecule has 0 amide bonds. The lowest BCUT2D eigenvalue weighted by Crippen LogP contribution is -2.35. The molecule has 0 atom stereocenters. The number of benzene rings is 2. The van der Waals surface area contributed by atoms with Gasteiger partial charge in [0.05, 0.1) is 6.61 Å². The van der Waals surface area contributed by atoms with E-state index in [1.165, 1.54) is 0 Å². The minimum absolute atomic E-state index is 0.292. The van der Waals surface area contributed by atoms with Crippen LogP contribution in [-0.4, -0.2) is 25.1 Å². The summed E-state index contributed by atoms with van der Waals surface area (Å²) in [5.74, 6) is 2.50. The Morgan fingerprint density at radius 3 is 2.72 bits per heavy atom. The number of hydrogen-bond acceptors (Lipinski definition) is 4. The van der Waals surface area contributed by atoms with Gasteiger partial charge in [-0.05, 0) is 54.9 Å². The van der Waals surface area contributed by atoms with Crippen LogP contribution >= 0.6 is 12.2 Å². The first kappa shape index (κ1) is 17.4. The number of nitrogens with one attached hydrogen (secondary N) is 2. The van der Waals surface area contributed by atoms with Gasteiger partial charge in [0, 0.05) is 13.1 Å². The largest absolute Gasteiger partial charge is 0.494 e. The second kappa shape index (κ2) is 9.13. The molecule has 2 aromatic rings. The van der Waals surface area contributed by atoms with E-state index in [-0.39, 0.29) is 0 Å². The topological polar surface area (TPSA) is 51.8 Å².